The normalized spacial score (nSPS) is 22.0. The molecule has 1 aromatic rings. The standard InChI is InChI=1S/C14H23NO3/c1-3-7-15-14(13-10-16-8-9-17-13)12-6-5-11(4-2)18-12/h5-6,13-15H,3-4,7-10H2,1-2H3. The van der Waals surface area contributed by atoms with E-state index in [9.17, 15) is 0 Å². The van der Waals surface area contributed by atoms with Crippen molar-refractivity contribution in [3.05, 3.63) is 23.7 Å². The lowest BCUT2D eigenvalue weighted by atomic mass is 10.1. The third kappa shape index (κ3) is 3.34. The van der Waals surface area contributed by atoms with Crippen molar-refractivity contribution in [3.8, 4) is 0 Å². The molecule has 2 rings (SSSR count). The van der Waals surface area contributed by atoms with Crippen LogP contribution in [0.15, 0.2) is 16.5 Å². The number of nitrogens with one attached hydrogen (secondary N) is 1. The summed E-state index contributed by atoms with van der Waals surface area (Å²) < 4.78 is 17.1. The highest BCUT2D eigenvalue weighted by Gasteiger charge is 2.28. The first-order valence-electron chi connectivity index (χ1n) is 6.86. The lowest BCUT2D eigenvalue weighted by molar-refractivity contribution is -0.104. The Balaban J connectivity index is 2.07. The van der Waals surface area contributed by atoms with Crippen molar-refractivity contribution >= 4 is 0 Å². The van der Waals surface area contributed by atoms with Gasteiger partial charge in [0.15, 0.2) is 0 Å². The summed E-state index contributed by atoms with van der Waals surface area (Å²) in [5.74, 6) is 1.97. The van der Waals surface area contributed by atoms with Gasteiger partial charge in [0.1, 0.15) is 17.6 Å². The second kappa shape index (κ2) is 6.92. The van der Waals surface area contributed by atoms with Crippen LogP contribution in [0.4, 0.5) is 0 Å². The SMILES string of the molecule is CCCNC(c1ccc(CC)o1)C1COCCO1. The largest absolute Gasteiger partial charge is 0.464 e. The third-order valence-corrected chi connectivity index (χ3v) is 3.17. The molecule has 0 saturated carbocycles. The smallest absolute Gasteiger partial charge is 0.123 e. The lowest BCUT2D eigenvalue weighted by Gasteiger charge is -2.30. The molecule has 1 fully saturated rings. The molecule has 0 spiro atoms. The predicted octanol–water partition coefficient (Wildman–Crippen LogP) is 2.30. The number of hydrogen-bond donors (Lipinski definition) is 1. The van der Waals surface area contributed by atoms with Crippen LogP contribution in [0.1, 0.15) is 37.8 Å². The lowest BCUT2D eigenvalue weighted by Crippen LogP contribution is -2.40. The number of ether oxygens (including phenoxy) is 2. The van der Waals surface area contributed by atoms with Crippen LogP contribution >= 0.6 is 0 Å². The predicted molar refractivity (Wildman–Crippen MR) is 69.7 cm³/mol. The molecule has 18 heavy (non-hydrogen) atoms. The van der Waals surface area contributed by atoms with E-state index in [0.717, 1.165) is 30.9 Å². The van der Waals surface area contributed by atoms with E-state index in [0.29, 0.717) is 19.8 Å². The van der Waals surface area contributed by atoms with Gasteiger partial charge in [-0.15, -0.1) is 0 Å². The van der Waals surface area contributed by atoms with Gasteiger partial charge in [0.05, 0.1) is 25.9 Å². The van der Waals surface area contributed by atoms with Crippen LogP contribution in [0.5, 0.6) is 0 Å². The molecule has 0 amide bonds. The fourth-order valence-corrected chi connectivity index (χ4v) is 2.17. The summed E-state index contributed by atoms with van der Waals surface area (Å²) in [4.78, 5) is 0. The molecule has 0 aliphatic carbocycles. The number of hydrogen-bond acceptors (Lipinski definition) is 4. The molecule has 0 radical (unpaired) electrons. The molecule has 102 valence electrons. The molecule has 0 aromatic carbocycles. The number of furan rings is 1. The third-order valence-electron chi connectivity index (χ3n) is 3.17. The second-order valence-electron chi connectivity index (χ2n) is 4.57. The molecule has 0 bridgehead atoms. The van der Waals surface area contributed by atoms with E-state index in [1.807, 2.05) is 12.1 Å². The van der Waals surface area contributed by atoms with Crippen LogP contribution in [0.2, 0.25) is 0 Å². The zero-order chi connectivity index (χ0) is 12.8. The molecule has 1 N–H and O–H groups in total. The van der Waals surface area contributed by atoms with Gasteiger partial charge in [-0.3, -0.25) is 0 Å². The topological polar surface area (TPSA) is 43.6 Å². The summed E-state index contributed by atoms with van der Waals surface area (Å²) in [6, 6.07) is 4.18. The summed E-state index contributed by atoms with van der Waals surface area (Å²) in [6.45, 7) is 7.18. The number of rotatable bonds is 6. The minimum Gasteiger partial charge on any atom is -0.464 e. The summed E-state index contributed by atoms with van der Waals surface area (Å²) in [7, 11) is 0. The molecule has 4 nitrogen and oxygen atoms in total. The van der Waals surface area contributed by atoms with E-state index in [-0.39, 0.29) is 12.1 Å². The van der Waals surface area contributed by atoms with Gasteiger partial charge in [0.25, 0.3) is 0 Å². The second-order valence-corrected chi connectivity index (χ2v) is 4.57. The van der Waals surface area contributed by atoms with Crippen LogP contribution in [-0.2, 0) is 15.9 Å². The van der Waals surface area contributed by atoms with Crippen molar-refractivity contribution in [2.75, 3.05) is 26.4 Å². The summed E-state index contributed by atoms with van der Waals surface area (Å²) in [5.41, 5.74) is 0. The van der Waals surface area contributed by atoms with Gasteiger partial charge < -0.3 is 19.2 Å². The minimum atomic E-state index is 0.0427. The van der Waals surface area contributed by atoms with Gasteiger partial charge >= 0.3 is 0 Å². The average molecular weight is 253 g/mol. The molecule has 1 aliphatic heterocycles. The molecule has 2 unspecified atom stereocenters. The van der Waals surface area contributed by atoms with Crippen LogP contribution in [0, 0.1) is 0 Å². The van der Waals surface area contributed by atoms with E-state index in [1.54, 1.807) is 0 Å². The Morgan fingerprint density at radius 2 is 2.22 bits per heavy atom. The molecule has 1 saturated heterocycles. The minimum absolute atomic E-state index is 0.0427. The monoisotopic (exact) mass is 253 g/mol. The Hall–Kier alpha value is -0.840. The zero-order valence-corrected chi connectivity index (χ0v) is 11.3. The first-order valence-corrected chi connectivity index (χ1v) is 6.86. The van der Waals surface area contributed by atoms with Crippen LogP contribution in [0.25, 0.3) is 0 Å². The Bertz CT molecular complexity index is 345. The maximum absolute atomic E-state index is 5.85. The molecule has 1 aromatic heterocycles. The van der Waals surface area contributed by atoms with Gasteiger partial charge in [-0.1, -0.05) is 13.8 Å². The van der Waals surface area contributed by atoms with Gasteiger partial charge in [0, 0.05) is 6.42 Å². The van der Waals surface area contributed by atoms with E-state index >= 15 is 0 Å². The average Bonchev–Trinajstić information content (AvgIpc) is 2.89. The Morgan fingerprint density at radius 1 is 1.33 bits per heavy atom. The molecule has 2 heterocycles. The van der Waals surface area contributed by atoms with E-state index < -0.39 is 0 Å². The highest BCUT2D eigenvalue weighted by molar-refractivity contribution is 5.12. The van der Waals surface area contributed by atoms with Crippen molar-refractivity contribution in [2.45, 2.75) is 38.8 Å². The fourth-order valence-electron chi connectivity index (χ4n) is 2.17. The maximum atomic E-state index is 5.85. The van der Waals surface area contributed by atoms with Gasteiger partial charge in [0.2, 0.25) is 0 Å². The van der Waals surface area contributed by atoms with Crippen LogP contribution in [-0.4, -0.2) is 32.5 Å². The van der Waals surface area contributed by atoms with Crippen molar-refractivity contribution < 1.29 is 13.9 Å². The zero-order valence-electron chi connectivity index (χ0n) is 11.3. The first kappa shape index (κ1) is 13.6. The van der Waals surface area contributed by atoms with E-state index in [1.165, 1.54) is 0 Å². The van der Waals surface area contributed by atoms with E-state index in [4.69, 9.17) is 13.9 Å². The summed E-state index contributed by atoms with van der Waals surface area (Å²) in [6.07, 6.45) is 2.05. The van der Waals surface area contributed by atoms with Gasteiger partial charge in [-0.25, -0.2) is 0 Å². The Morgan fingerprint density at radius 3 is 2.83 bits per heavy atom. The van der Waals surface area contributed by atoms with Gasteiger partial charge in [-0.2, -0.15) is 0 Å². The molecule has 2 atom stereocenters. The Kier molecular flexibility index (Phi) is 5.23. The van der Waals surface area contributed by atoms with Crippen molar-refractivity contribution in [3.63, 3.8) is 0 Å². The highest BCUT2D eigenvalue weighted by atomic mass is 16.6. The molecule has 4 heteroatoms. The van der Waals surface area contributed by atoms with Crippen LogP contribution in [0.3, 0.4) is 0 Å². The van der Waals surface area contributed by atoms with Crippen LogP contribution < -0.4 is 5.32 Å². The molecular formula is C14H23NO3. The first-order chi connectivity index (χ1) is 8.85. The Labute approximate surface area is 109 Å². The summed E-state index contributed by atoms with van der Waals surface area (Å²) in [5, 5.41) is 3.49. The number of aryl methyl sites for hydroxylation is 1. The highest BCUT2D eigenvalue weighted by Crippen LogP contribution is 2.24. The van der Waals surface area contributed by atoms with E-state index in [2.05, 4.69) is 19.2 Å². The van der Waals surface area contributed by atoms with Crippen molar-refractivity contribution in [2.24, 2.45) is 0 Å². The maximum Gasteiger partial charge on any atom is 0.123 e. The van der Waals surface area contributed by atoms with Crippen molar-refractivity contribution in [1.29, 1.82) is 0 Å². The quantitative estimate of drug-likeness (QED) is 0.845. The fraction of sp³-hybridized carbons (Fsp3) is 0.714. The van der Waals surface area contributed by atoms with Gasteiger partial charge in [-0.05, 0) is 25.1 Å². The molecule has 1 aliphatic rings. The molecular weight excluding hydrogens is 230 g/mol. The van der Waals surface area contributed by atoms with Crippen molar-refractivity contribution in [1.82, 2.24) is 5.32 Å². The summed E-state index contributed by atoms with van der Waals surface area (Å²) >= 11 is 0.